The fourth-order valence-electron chi connectivity index (χ4n) is 6.53. The smallest absolute Gasteiger partial charge is 0.341 e. The van der Waals surface area contributed by atoms with Crippen molar-refractivity contribution in [3.05, 3.63) is 23.3 Å². The Hall–Kier alpha value is 9.16. The van der Waals surface area contributed by atoms with Crippen molar-refractivity contribution in [2.45, 2.75) is 64.8 Å². The van der Waals surface area contributed by atoms with Gasteiger partial charge in [0.2, 0.25) is 0 Å². The van der Waals surface area contributed by atoms with Crippen LogP contribution in [0.15, 0.2) is 23.3 Å². The number of fused-ring (bicyclic) bond motifs is 2. The number of aldehydes is 1. The van der Waals surface area contributed by atoms with Crippen LogP contribution in [0.4, 0.5) is 0 Å². The molecule has 0 aliphatic heterocycles. The molecule has 288 valence electrons. The molecule has 0 spiro atoms. The van der Waals surface area contributed by atoms with Gasteiger partial charge < -0.3 is 13.8 Å². The maximum atomic E-state index is 15.2. The van der Waals surface area contributed by atoms with E-state index in [2.05, 4.69) is 143 Å². The van der Waals surface area contributed by atoms with Gasteiger partial charge in [-0.1, -0.05) is 54.4 Å². The molecule has 50 heavy (non-hydrogen) atoms. The lowest BCUT2D eigenvalue weighted by molar-refractivity contribution is -0.131. The van der Waals surface area contributed by atoms with E-state index in [0.717, 1.165) is 29.4 Å². The summed E-state index contributed by atoms with van der Waals surface area (Å²) in [6, 6.07) is 0. The van der Waals surface area contributed by atoms with Gasteiger partial charge in [0, 0.05) is 45.1 Å². The van der Waals surface area contributed by atoms with E-state index in [1.54, 1.807) is 0 Å². The summed E-state index contributed by atoms with van der Waals surface area (Å²) < 4.78 is 29.1. The van der Waals surface area contributed by atoms with Gasteiger partial charge in [0.1, 0.15) is 21.3 Å². The van der Waals surface area contributed by atoms with Gasteiger partial charge >= 0.3 is 7.49 Å². The summed E-state index contributed by atoms with van der Waals surface area (Å²) in [7, 11) is 36.6. The molecule has 30 heteroatoms. The highest BCUT2D eigenvalue weighted by Gasteiger charge is 2.60. The molecule has 25 atom stereocenters. The highest BCUT2D eigenvalue weighted by atomic mass is 33.2. The first-order chi connectivity index (χ1) is 23.1. The summed E-state index contributed by atoms with van der Waals surface area (Å²) in [5.41, 5.74) is 2.21. The third-order valence-corrected chi connectivity index (χ3v) is 129. The lowest BCUT2D eigenvalue weighted by Gasteiger charge is -2.52. The maximum absolute atomic E-state index is 15.2. The van der Waals surface area contributed by atoms with Crippen molar-refractivity contribution in [3.63, 3.8) is 0 Å². The third-order valence-electron chi connectivity index (χ3n) is 8.73. The Morgan fingerprint density at radius 1 is 0.960 bits per heavy atom. The third kappa shape index (κ3) is 14.6. The van der Waals surface area contributed by atoms with Gasteiger partial charge in [-0.25, -0.2) is 0 Å². The van der Waals surface area contributed by atoms with Crippen LogP contribution in [0, 0.1) is 23.2 Å². The van der Waals surface area contributed by atoms with Crippen molar-refractivity contribution in [1.82, 2.24) is 0 Å². The fraction of sp³-hybridized carbons (Fsp3) is 0.700. The van der Waals surface area contributed by atoms with Gasteiger partial charge in [-0.3, -0.25) is 4.79 Å². The van der Waals surface area contributed by atoms with Gasteiger partial charge in [-0.15, -0.1) is 98.2 Å². The zero-order valence-electron chi connectivity index (χ0n) is 28.3. The van der Waals surface area contributed by atoms with Gasteiger partial charge in [0.25, 0.3) is 0 Å². The van der Waals surface area contributed by atoms with Crippen LogP contribution in [0.5, 0.6) is 0 Å². The van der Waals surface area contributed by atoms with Gasteiger partial charge in [0.15, 0.2) is 11.4 Å². The molecule has 0 radical (unpaired) electrons. The number of carbonyl (C=O) groups excluding carboxylic acids is 2. The summed E-state index contributed by atoms with van der Waals surface area (Å²) in [5.74, 6) is -0.807. The topological polar surface area (TPSA) is 69.7 Å². The van der Waals surface area contributed by atoms with Crippen LogP contribution in [-0.2, 0) is 23.2 Å². The first kappa shape index (κ1) is 55.3. The monoisotopic (exact) mass is 1150 g/mol. The maximum Gasteiger partial charge on any atom is 0.353 e. The van der Waals surface area contributed by atoms with Gasteiger partial charge in [0.05, 0.1) is 21.2 Å². The highest BCUT2D eigenvalue weighted by molar-refractivity contribution is 9.19. The summed E-state index contributed by atoms with van der Waals surface area (Å²) in [4.78, 5) is 26.8. The van der Waals surface area contributed by atoms with Gasteiger partial charge in [-0.05, 0) is 71.3 Å². The largest absolute Gasteiger partial charge is 0.353 e. The minimum absolute atomic E-state index is 0.0435. The predicted octanol–water partition coefficient (Wildman–Crippen LogP) is 17.5. The Kier molecular flexibility index (Phi) is 29.0. The summed E-state index contributed by atoms with van der Waals surface area (Å²) in [5, 5.41) is 0. The molecule has 0 aromatic carbocycles. The Morgan fingerprint density at radius 2 is 1.52 bits per heavy atom. The quantitative estimate of drug-likeness (QED) is 0.0777. The number of hydrogen-bond donors (Lipinski definition) is 0. The van der Waals surface area contributed by atoms with Crippen molar-refractivity contribution in [3.8, 4) is 0 Å². The average Bonchev–Trinajstić information content (AvgIpc) is 3.00. The molecule has 0 aromatic rings. The molecule has 5 nitrogen and oxygen atoms in total. The first-order valence-electron chi connectivity index (χ1n) is 14.7. The van der Waals surface area contributed by atoms with E-state index < -0.39 is 74.9 Å². The Labute approximate surface area is 346 Å². The van der Waals surface area contributed by atoms with Crippen molar-refractivity contribution < 1.29 is 23.2 Å². The molecule has 0 N–H and O–H groups in total. The summed E-state index contributed by atoms with van der Waals surface area (Å²) in [6.07, 6.45) is 1.51. The van der Waals surface area contributed by atoms with Crippen LogP contribution in [0.1, 0.15) is 47.0 Å². The van der Waals surface area contributed by atoms with Crippen molar-refractivity contribution in [2.24, 2.45) is 23.2 Å². The van der Waals surface area contributed by atoms with E-state index in [1.165, 1.54) is 0 Å². The molecular formula is C20H54O5P25+. The van der Waals surface area contributed by atoms with Crippen LogP contribution in [0.2, 0.25) is 0 Å². The van der Waals surface area contributed by atoms with E-state index in [9.17, 15) is 9.36 Å². The van der Waals surface area contributed by atoms with Crippen LogP contribution >= 0.6 is 202 Å². The number of ketones is 1. The zero-order valence-corrected chi connectivity index (χ0v) is 54.2. The second-order valence-corrected chi connectivity index (χ2v) is 98.2. The number of carbonyl (C=O) groups is 2. The fourth-order valence-corrected chi connectivity index (χ4v) is 171. The standard InChI is InChI=1S/C20H54O5P25/c1-10(7-6-8-21)15-12(3)17(22)18(25-41(43(28)29)49(39-26)45(32)33)16-11(2)14(9-13(20(16,4)5)19(15)40(23)27)24-42(48(38)44(30)31)50(46(34)35)47(36)37/h8,12-15,18-19,39H,1,6-7,9,26-38H2,2-5H3/q+1/t12-,13?,14-,15+,18+,19+,41?,42?,48?,49?/m0/s1. The Morgan fingerprint density at radius 3 is 1.94 bits per heavy atom. The molecule has 1 saturated carbocycles. The van der Waals surface area contributed by atoms with Gasteiger partial charge in [-0.2, -0.15) is 0 Å². The van der Waals surface area contributed by atoms with Crippen LogP contribution < -0.4 is 0 Å². The zero-order chi connectivity index (χ0) is 38.6. The molecular weight excluding hydrogens is 1090 g/mol. The van der Waals surface area contributed by atoms with E-state index in [4.69, 9.17) is 9.05 Å². The molecule has 2 aliphatic rings. The number of Topliss-reactive ketones (excluding diaryl/α,β-unsaturated/α-hetero) is 1. The van der Waals surface area contributed by atoms with E-state index in [-0.39, 0.29) is 50.3 Å². The molecule has 2 bridgehead atoms. The molecule has 1 fully saturated rings. The summed E-state index contributed by atoms with van der Waals surface area (Å²) >= 11 is 0. The lowest BCUT2D eigenvalue weighted by atomic mass is 9.56. The second kappa shape index (κ2) is 26.2. The number of rotatable bonds is 18. The second-order valence-electron chi connectivity index (χ2n) is 12.1. The van der Waals surface area contributed by atoms with Crippen molar-refractivity contribution in [2.75, 3.05) is 0 Å². The normalized spacial score (nSPS) is 28.9. The number of allylic oxidation sites excluding steroid dienone is 1. The molecule has 0 amide bonds. The van der Waals surface area contributed by atoms with E-state index >= 15 is 4.79 Å². The summed E-state index contributed by atoms with van der Waals surface area (Å²) in [6.45, 7) is 9.59. The molecule has 0 aromatic heterocycles. The average molecular weight is 1150 g/mol. The van der Waals surface area contributed by atoms with Crippen LogP contribution in [0.25, 0.3) is 0 Å². The van der Waals surface area contributed by atoms with E-state index in [0.29, 0.717) is 20.8 Å². The molecule has 0 heterocycles. The molecule has 2 aliphatic carbocycles. The number of hydrogen-bond acceptors (Lipinski definition) is 5. The molecule has 20 unspecified atom stereocenters. The lowest BCUT2D eigenvalue weighted by Crippen LogP contribution is -2.53. The minimum atomic E-state index is -1.80. The highest BCUT2D eigenvalue weighted by Crippen LogP contribution is 3.18. The van der Waals surface area contributed by atoms with Crippen LogP contribution in [0.3, 0.4) is 0 Å². The Bertz CT molecular complexity index is 1220. The Balaban J connectivity index is 3.02. The predicted molar refractivity (Wildman–Crippen MR) is 302 cm³/mol. The van der Waals surface area contributed by atoms with Crippen LogP contribution in [-0.4, -0.2) is 29.9 Å². The molecule has 2 rings (SSSR count). The van der Waals surface area contributed by atoms with E-state index in [1.807, 2.05) is 6.92 Å². The molecule has 0 saturated heterocycles. The minimum Gasteiger partial charge on any atom is -0.341 e. The SMILES string of the molecule is C=C(CCC=O)[C@@H]1[C@H](C)C(=O)[C@H](OP(P(P)P)P(PP)P(P)P)C2=C(C)[C@@H](OP(P(P)P(P)P)P(P(P)P)P(P)P)CC([C@H]1[P+](=O)P)C2(C)C. The van der Waals surface area contributed by atoms with Crippen molar-refractivity contribution >= 4 is 215 Å². The van der Waals surface area contributed by atoms with Crippen molar-refractivity contribution in [1.29, 1.82) is 0 Å². The first-order valence-corrected chi connectivity index (χ1v) is 58.0.